The minimum Gasteiger partial charge on any atom is -0.391 e. The average molecular weight is 313 g/mol. The molecule has 2 rings (SSSR count). The van der Waals surface area contributed by atoms with Gasteiger partial charge in [-0.15, -0.1) is 0 Å². The number of hydrogen-bond acceptors (Lipinski definition) is 2. The lowest BCUT2D eigenvalue weighted by Gasteiger charge is -2.25. The lowest BCUT2D eigenvalue weighted by Crippen LogP contribution is -2.14. The Morgan fingerprint density at radius 2 is 1.86 bits per heavy atom. The minimum absolute atomic E-state index is 0.0243. The zero-order chi connectivity index (χ0) is 16.2. The van der Waals surface area contributed by atoms with Gasteiger partial charge in [0, 0.05) is 0 Å². The third-order valence-corrected chi connectivity index (χ3v) is 3.95. The molecular weight excluding hydrogens is 291 g/mol. The van der Waals surface area contributed by atoms with E-state index in [0.717, 1.165) is 37.8 Å². The van der Waals surface area contributed by atoms with Gasteiger partial charge in [-0.2, -0.15) is 13.2 Å². The summed E-state index contributed by atoms with van der Waals surface area (Å²) in [5, 5.41) is 3.76. The van der Waals surface area contributed by atoms with Crippen LogP contribution in [0.1, 0.15) is 68.6 Å². The van der Waals surface area contributed by atoms with Gasteiger partial charge in [-0.3, -0.25) is 0 Å². The largest absolute Gasteiger partial charge is 0.416 e. The van der Waals surface area contributed by atoms with Gasteiger partial charge in [-0.25, -0.2) is 0 Å². The number of rotatable bonds is 4. The van der Waals surface area contributed by atoms with Gasteiger partial charge in [-0.05, 0) is 49.8 Å². The molecule has 1 fully saturated rings. The normalized spacial score (nSPS) is 16.4. The van der Waals surface area contributed by atoms with Crippen LogP contribution < -0.4 is 0 Å². The lowest BCUT2D eigenvalue weighted by molar-refractivity contribution is -0.138. The van der Waals surface area contributed by atoms with E-state index in [1.165, 1.54) is 6.07 Å². The Bertz CT molecular complexity index is 527. The van der Waals surface area contributed by atoms with Crippen LogP contribution in [0.4, 0.5) is 13.2 Å². The Kier molecular flexibility index (Phi) is 5.48. The minimum atomic E-state index is -4.33. The first kappa shape index (κ1) is 16.8. The van der Waals surface area contributed by atoms with Crippen molar-refractivity contribution < 1.29 is 18.0 Å². The van der Waals surface area contributed by atoms with E-state index in [-0.39, 0.29) is 12.5 Å². The molecule has 0 unspecified atom stereocenters. The molecular formula is C17H22F3NO. The Balaban J connectivity index is 2.24. The number of alkyl halides is 3. The van der Waals surface area contributed by atoms with Crippen LogP contribution in [0.3, 0.4) is 0 Å². The molecule has 0 heterocycles. The summed E-state index contributed by atoms with van der Waals surface area (Å²) in [7, 11) is 0. The molecule has 1 aromatic carbocycles. The highest BCUT2D eigenvalue weighted by atomic mass is 19.4. The molecule has 1 aromatic rings. The second-order valence-corrected chi connectivity index (χ2v) is 6.07. The Labute approximate surface area is 129 Å². The quantitative estimate of drug-likeness (QED) is 0.519. The molecule has 0 saturated heterocycles. The number of nitrogens with zero attached hydrogens (tertiary/aromatic N) is 1. The van der Waals surface area contributed by atoms with Gasteiger partial charge in [0.2, 0.25) is 0 Å². The summed E-state index contributed by atoms with van der Waals surface area (Å²) in [6, 6.07) is 4.56. The predicted molar refractivity (Wildman–Crippen MR) is 80.8 cm³/mol. The van der Waals surface area contributed by atoms with Crippen LogP contribution >= 0.6 is 0 Å². The highest BCUT2D eigenvalue weighted by Gasteiger charge is 2.35. The fourth-order valence-electron chi connectivity index (χ4n) is 2.94. The molecule has 2 nitrogen and oxygen atoms in total. The molecule has 22 heavy (non-hydrogen) atoms. The van der Waals surface area contributed by atoms with E-state index >= 15 is 0 Å². The summed E-state index contributed by atoms with van der Waals surface area (Å²) >= 11 is 0. The molecule has 0 atom stereocenters. The molecule has 0 aromatic heterocycles. The van der Waals surface area contributed by atoms with E-state index in [1.54, 1.807) is 26.0 Å². The SMILES string of the molecule is CC(C)=NOCc1ccc(C2CCCCC2)c(C(F)(F)F)c1. The zero-order valence-corrected chi connectivity index (χ0v) is 13.0. The number of oxime groups is 1. The molecule has 0 bridgehead atoms. The molecule has 0 aliphatic heterocycles. The number of hydrogen-bond donors (Lipinski definition) is 0. The average Bonchev–Trinajstić information content (AvgIpc) is 2.47. The summed E-state index contributed by atoms with van der Waals surface area (Å²) in [5.41, 5.74) is 1.15. The van der Waals surface area contributed by atoms with Crippen molar-refractivity contribution in [1.82, 2.24) is 0 Å². The molecule has 1 aliphatic rings. The number of benzene rings is 1. The maximum atomic E-state index is 13.4. The third kappa shape index (κ3) is 4.49. The molecule has 0 N–H and O–H groups in total. The Morgan fingerprint density at radius 3 is 2.45 bits per heavy atom. The van der Waals surface area contributed by atoms with E-state index in [9.17, 15) is 13.2 Å². The smallest absolute Gasteiger partial charge is 0.391 e. The van der Waals surface area contributed by atoms with Crippen LogP contribution in [0.15, 0.2) is 23.4 Å². The van der Waals surface area contributed by atoms with Crippen LogP contribution in [0, 0.1) is 0 Å². The van der Waals surface area contributed by atoms with Crippen molar-refractivity contribution in [2.75, 3.05) is 0 Å². The first-order valence-electron chi connectivity index (χ1n) is 7.71. The van der Waals surface area contributed by atoms with Crippen LogP contribution in [-0.4, -0.2) is 5.71 Å². The van der Waals surface area contributed by atoms with Gasteiger partial charge in [-0.1, -0.05) is 36.6 Å². The van der Waals surface area contributed by atoms with Crippen molar-refractivity contribution in [3.05, 3.63) is 34.9 Å². The molecule has 1 saturated carbocycles. The Morgan fingerprint density at radius 1 is 1.18 bits per heavy atom. The summed E-state index contributed by atoms with van der Waals surface area (Å²) in [6.45, 7) is 3.60. The summed E-state index contributed by atoms with van der Waals surface area (Å²) < 4.78 is 40.1. The topological polar surface area (TPSA) is 21.6 Å². The summed E-state index contributed by atoms with van der Waals surface area (Å²) in [6.07, 6.45) is 0.510. The molecule has 1 aliphatic carbocycles. The van der Waals surface area contributed by atoms with Gasteiger partial charge in [0.1, 0.15) is 6.61 Å². The molecule has 0 radical (unpaired) electrons. The lowest BCUT2D eigenvalue weighted by atomic mass is 9.81. The van der Waals surface area contributed by atoms with Gasteiger partial charge in [0.25, 0.3) is 0 Å². The van der Waals surface area contributed by atoms with Crippen molar-refractivity contribution in [2.45, 2.75) is 64.7 Å². The first-order chi connectivity index (χ1) is 10.4. The van der Waals surface area contributed by atoms with Gasteiger partial charge < -0.3 is 4.84 Å². The maximum Gasteiger partial charge on any atom is 0.416 e. The fourth-order valence-corrected chi connectivity index (χ4v) is 2.94. The molecule has 122 valence electrons. The van der Waals surface area contributed by atoms with Crippen molar-refractivity contribution in [3.8, 4) is 0 Å². The number of halogens is 3. The van der Waals surface area contributed by atoms with Crippen molar-refractivity contribution in [2.24, 2.45) is 5.16 Å². The predicted octanol–water partition coefficient (Wildman–Crippen LogP) is 5.67. The molecule has 0 spiro atoms. The van der Waals surface area contributed by atoms with E-state index in [0.29, 0.717) is 11.1 Å². The first-order valence-corrected chi connectivity index (χ1v) is 7.71. The molecule has 5 heteroatoms. The van der Waals surface area contributed by atoms with Gasteiger partial charge >= 0.3 is 6.18 Å². The second kappa shape index (κ2) is 7.16. The second-order valence-electron chi connectivity index (χ2n) is 6.07. The van der Waals surface area contributed by atoms with Crippen molar-refractivity contribution >= 4 is 5.71 Å². The fraction of sp³-hybridized carbons (Fsp3) is 0.588. The summed E-state index contributed by atoms with van der Waals surface area (Å²) in [5.74, 6) is 0.0243. The van der Waals surface area contributed by atoms with Crippen LogP contribution in [0.2, 0.25) is 0 Å². The highest BCUT2D eigenvalue weighted by Crippen LogP contribution is 2.41. The van der Waals surface area contributed by atoms with Gasteiger partial charge in [0.05, 0.1) is 11.3 Å². The van der Waals surface area contributed by atoms with E-state index < -0.39 is 11.7 Å². The monoisotopic (exact) mass is 313 g/mol. The van der Waals surface area contributed by atoms with E-state index in [1.807, 2.05) is 0 Å². The zero-order valence-electron chi connectivity index (χ0n) is 13.0. The van der Waals surface area contributed by atoms with Crippen molar-refractivity contribution in [1.29, 1.82) is 0 Å². The van der Waals surface area contributed by atoms with E-state index in [2.05, 4.69) is 5.16 Å². The van der Waals surface area contributed by atoms with Crippen molar-refractivity contribution in [3.63, 3.8) is 0 Å². The summed E-state index contributed by atoms with van der Waals surface area (Å²) in [4.78, 5) is 5.05. The van der Waals surface area contributed by atoms with Crippen LogP contribution in [-0.2, 0) is 17.6 Å². The van der Waals surface area contributed by atoms with E-state index in [4.69, 9.17) is 4.84 Å². The standard InChI is InChI=1S/C17H22F3NO/c1-12(2)21-22-11-13-8-9-15(14-6-4-3-5-7-14)16(10-13)17(18,19)20/h8-10,14H,3-7,11H2,1-2H3. The maximum absolute atomic E-state index is 13.4. The molecule has 0 amide bonds. The third-order valence-electron chi connectivity index (χ3n) is 3.95. The Hall–Kier alpha value is -1.52. The highest BCUT2D eigenvalue weighted by molar-refractivity contribution is 5.78. The van der Waals surface area contributed by atoms with Gasteiger partial charge in [0.15, 0.2) is 0 Å². The van der Waals surface area contributed by atoms with Crippen LogP contribution in [0.5, 0.6) is 0 Å². The van der Waals surface area contributed by atoms with Crippen LogP contribution in [0.25, 0.3) is 0 Å².